The van der Waals surface area contributed by atoms with E-state index in [2.05, 4.69) is 36.5 Å². The number of anilines is 2. The number of aryl methyl sites for hydroxylation is 1. The molecule has 0 amide bonds. The Labute approximate surface area is 102 Å². The molecule has 0 fully saturated rings. The van der Waals surface area contributed by atoms with Crippen molar-refractivity contribution in [2.45, 2.75) is 13.3 Å². The molecular formula is C15H18N2. The molecule has 17 heavy (non-hydrogen) atoms. The molecule has 2 rings (SSSR count). The second-order valence-corrected chi connectivity index (χ2v) is 4.19. The molecular weight excluding hydrogens is 208 g/mol. The third kappa shape index (κ3) is 3.00. The van der Waals surface area contributed by atoms with Crippen molar-refractivity contribution in [3.63, 3.8) is 0 Å². The predicted octanol–water partition coefficient (Wildman–Crippen LogP) is 3.23. The fraction of sp³-hybridized carbons (Fsp3) is 0.200. The van der Waals surface area contributed by atoms with E-state index >= 15 is 0 Å². The first-order valence-electron chi connectivity index (χ1n) is 5.90. The zero-order valence-corrected chi connectivity index (χ0v) is 10.1. The Kier molecular flexibility index (Phi) is 3.66. The summed E-state index contributed by atoms with van der Waals surface area (Å²) in [7, 11) is 0. The predicted molar refractivity (Wildman–Crippen MR) is 74.2 cm³/mol. The third-order valence-corrected chi connectivity index (χ3v) is 2.91. The van der Waals surface area contributed by atoms with E-state index in [1.54, 1.807) is 0 Å². The van der Waals surface area contributed by atoms with Gasteiger partial charge in [-0.2, -0.15) is 0 Å². The minimum atomic E-state index is 0.874. The van der Waals surface area contributed by atoms with Crippen LogP contribution in [0.1, 0.15) is 11.1 Å². The smallest absolute Gasteiger partial charge is 0.0369 e. The summed E-state index contributed by atoms with van der Waals surface area (Å²) < 4.78 is 0. The normalized spacial score (nSPS) is 10.2. The Bertz CT molecular complexity index is 446. The van der Waals surface area contributed by atoms with Crippen molar-refractivity contribution in [3.8, 4) is 0 Å². The molecule has 0 aliphatic carbocycles. The number of hydrogen-bond donors (Lipinski definition) is 2. The van der Waals surface area contributed by atoms with Crippen molar-refractivity contribution >= 4 is 11.4 Å². The monoisotopic (exact) mass is 226 g/mol. The van der Waals surface area contributed by atoms with Crippen LogP contribution in [0.5, 0.6) is 0 Å². The molecule has 0 spiro atoms. The van der Waals surface area contributed by atoms with Crippen LogP contribution in [0.3, 0.4) is 0 Å². The highest BCUT2D eigenvalue weighted by atomic mass is 14.9. The molecule has 0 aliphatic heterocycles. The Hall–Kier alpha value is -1.96. The molecule has 3 N–H and O–H groups in total. The molecule has 0 aromatic heterocycles. The average Bonchev–Trinajstić information content (AvgIpc) is 2.34. The van der Waals surface area contributed by atoms with E-state index in [0.29, 0.717) is 0 Å². The van der Waals surface area contributed by atoms with Gasteiger partial charge in [-0.05, 0) is 36.6 Å². The van der Waals surface area contributed by atoms with E-state index in [1.165, 1.54) is 16.8 Å². The Morgan fingerprint density at radius 1 is 1.00 bits per heavy atom. The Morgan fingerprint density at radius 3 is 2.47 bits per heavy atom. The van der Waals surface area contributed by atoms with Crippen LogP contribution in [-0.2, 0) is 6.42 Å². The van der Waals surface area contributed by atoms with Crippen molar-refractivity contribution in [1.29, 1.82) is 0 Å². The van der Waals surface area contributed by atoms with E-state index in [-0.39, 0.29) is 0 Å². The molecule has 88 valence electrons. The quantitative estimate of drug-likeness (QED) is 0.785. The molecule has 0 radical (unpaired) electrons. The van der Waals surface area contributed by atoms with Gasteiger partial charge in [0.2, 0.25) is 0 Å². The summed E-state index contributed by atoms with van der Waals surface area (Å²) in [6, 6.07) is 16.3. The number of para-hydroxylation sites is 2. The van der Waals surface area contributed by atoms with Gasteiger partial charge in [-0.3, -0.25) is 0 Å². The van der Waals surface area contributed by atoms with Crippen LogP contribution in [0.25, 0.3) is 0 Å². The zero-order chi connectivity index (χ0) is 12.1. The Balaban J connectivity index is 1.93. The van der Waals surface area contributed by atoms with Gasteiger partial charge in [-0.15, -0.1) is 0 Å². The second kappa shape index (κ2) is 5.39. The molecule has 0 bridgehead atoms. The number of benzene rings is 2. The van der Waals surface area contributed by atoms with E-state index in [4.69, 9.17) is 5.73 Å². The lowest BCUT2D eigenvalue weighted by Crippen LogP contribution is -2.07. The van der Waals surface area contributed by atoms with Crippen molar-refractivity contribution < 1.29 is 0 Å². The number of nitrogen functional groups attached to an aromatic ring is 1. The minimum Gasteiger partial charge on any atom is -0.399 e. The fourth-order valence-corrected chi connectivity index (χ4v) is 1.86. The van der Waals surface area contributed by atoms with Crippen LogP contribution < -0.4 is 11.1 Å². The number of nitrogens with one attached hydrogen (secondary N) is 1. The number of hydrogen-bond acceptors (Lipinski definition) is 2. The van der Waals surface area contributed by atoms with Gasteiger partial charge >= 0.3 is 0 Å². The summed E-state index contributed by atoms with van der Waals surface area (Å²) in [6.45, 7) is 3.01. The molecule has 0 aliphatic rings. The van der Waals surface area contributed by atoms with Crippen molar-refractivity contribution in [1.82, 2.24) is 0 Å². The van der Waals surface area contributed by atoms with Gasteiger partial charge in [0.05, 0.1) is 0 Å². The highest BCUT2D eigenvalue weighted by Gasteiger charge is 1.99. The Morgan fingerprint density at radius 2 is 1.71 bits per heavy atom. The molecule has 0 unspecified atom stereocenters. The van der Waals surface area contributed by atoms with Crippen LogP contribution in [0.2, 0.25) is 0 Å². The van der Waals surface area contributed by atoms with Gasteiger partial charge < -0.3 is 11.1 Å². The number of nitrogens with two attached hydrogens (primary N) is 1. The van der Waals surface area contributed by atoms with E-state index in [9.17, 15) is 0 Å². The highest BCUT2D eigenvalue weighted by molar-refractivity contribution is 5.51. The van der Waals surface area contributed by atoms with E-state index in [1.807, 2.05) is 24.3 Å². The summed E-state index contributed by atoms with van der Waals surface area (Å²) in [6.07, 6.45) is 0.945. The summed E-state index contributed by atoms with van der Waals surface area (Å²) in [5, 5.41) is 3.43. The maximum Gasteiger partial charge on any atom is 0.0369 e. The van der Waals surface area contributed by atoms with Gasteiger partial charge in [-0.25, -0.2) is 0 Å². The fourth-order valence-electron chi connectivity index (χ4n) is 1.86. The number of rotatable bonds is 4. The molecule has 0 saturated heterocycles. The first kappa shape index (κ1) is 11.5. The molecule has 2 nitrogen and oxygen atoms in total. The van der Waals surface area contributed by atoms with Gasteiger partial charge in [0.15, 0.2) is 0 Å². The molecule has 0 heterocycles. The summed E-state index contributed by atoms with van der Waals surface area (Å²) >= 11 is 0. The summed E-state index contributed by atoms with van der Waals surface area (Å²) in [5.41, 5.74) is 10.4. The van der Waals surface area contributed by atoms with Gasteiger partial charge in [0.25, 0.3) is 0 Å². The lowest BCUT2D eigenvalue weighted by Gasteiger charge is -2.10. The van der Waals surface area contributed by atoms with Crippen molar-refractivity contribution in [2.24, 2.45) is 0 Å². The van der Waals surface area contributed by atoms with Crippen molar-refractivity contribution in [3.05, 3.63) is 59.7 Å². The molecule has 2 aromatic rings. The van der Waals surface area contributed by atoms with Crippen LogP contribution >= 0.6 is 0 Å². The highest BCUT2D eigenvalue weighted by Crippen LogP contribution is 2.14. The first-order chi connectivity index (χ1) is 8.27. The first-order valence-corrected chi connectivity index (χ1v) is 5.90. The molecule has 2 heteroatoms. The average molecular weight is 226 g/mol. The largest absolute Gasteiger partial charge is 0.399 e. The van der Waals surface area contributed by atoms with E-state index in [0.717, 1.165) is 18.7 Å². The minimum absolute atomic E-state index is 0.874. The standard InChI is InChI=1S/C15H18N2/c1-12-6-2-5-9-15(12)17-11-10-13-7-3-4-8-14(13)16/h2-9,17H,10-11,16H2,1H3. The van der Waals surface area contributed by atoms with Gasteiger partial charge in [0, 0.05) is 17.9 Å². The van der Waals surface area contributed by atoms with Crippen LogP contribution in [0.4, 0.5) is 11.4 Å². The maximum atomic E-state index is 5.90. The summed E-state index contributed by atoms with van der Waals surface area (Å²) in [5.74, 6) is 0. The third-order valence-electron chi connectivity index (χ3n) is 2.91. The molecule has 0 saturated carbocycles. The van der Waals surface area contributed by atoms with Crippen LogP contribution in [0.15, 0.2) is 48.5 Å². The zero-order valence-electron chi connectivity index (χ0n) is 10.1. The van der Waals surface area contributed by atoms with Gasteiger partial charge in [-0.1, -0.05) is 36.4 Å². The van der Waals surface area contributed by atoms with Gasteiger partial charge in [0.1, 0.15) is 0 Å². The SMILES string of the molecule is Cc1ccccc1NCCc1ccccc1N. The lowest BCUT2D eigenvalue weighted by molar-refractivity contribution is 1.02. The van der Waals surface area contributed by atoms with Crippen LogP contribution in [0, 0.1) is 6.92 Å². The molecule has 2 aromatic carbocycles. The second-order valence-electron chi connectivity index (χ2n) is 4.19. The summed E-state index contributed by atoms with van der Waals surface area (Å²) in [4.78, 5) is 0. The van der Waals surface area contributed by atoms with Crippen molar-refractivity contribution in [2.75, 3.05) is 17.6 Å². The van der Waals surface area contributed by atoms with Crippen LogP contribution in [-0.4, -0.2) is 6.54 Å². The maximum absolute atomic E-state index is 5.90. The van der Waals surface area contributed by atoms with E-state index < -0.39 is 0 Å². The topological polar surface area (TPSA) is 38.0 Å². The molecule has 0 atom stereocenters. The lowest BCUT2D eigenvalue weighted by atomic mass is 10.1.